The predicted molar refractivity (Wildman–Crippen MR) is 82.2 cm³/mol. The highest BCUT2D eigenvalue weighted by atomic mass is 79.9. The number of ether oxygens (including phenoxy) is 1. The SMILES string of the molecule is CNC1CCOCC1CN(C)Cc1ccccc1Br. The van der Waals surface area contributed by atoms with Crippen LogP contribution < -0.4 is 5.32 Å². The lowest BCUT2D eigenvalue weighted by atomic mass is 9.95. The predicted octanol–water partition coefficient (Wildman–Crippen LogP) is 2.51. The molecule has 0 amide bonds. The summed E-state index contributed by atoms with van der Waals surface area (Å²) < 4.78 is 6.80. The number of hydrogen-bond acceptors (Lipinski definition) is 3. The third-order valence-electron chi connectivity index (χ3n) is 3.79. The van der Waals surface area contributed by atoms with Gasteiger partial charge in [-0.2, -0.15) is 0 Å². The van der Waals surface area contributed by atoms with Crippen LogP contribution in [0.1, 0.15) is 12.0 Å². The molecule has 19 heavy (non-hydrogen) atoms. The lowest BCUT2D eigenvalue weighted by molar-refractivity contribution is 0.0208. The summed E-state index contributed by atoms with van der Waals surface area (Å²) in [5, 5.41) is 3.42. The smallest absolute Gasteiger partial charge is 0.0521 e. The minimum atomic E-state index is 0.575. The summed E-state index contributed by atoms with van der Waals surface area (Å²) in [6.45, 7) is 3.78. The van der Waals surface area contributed by atoms with E-state index in [4.69, 9.17) is 4.74 Å². The third-order valence-corrected chi connectivity index (χ3v) is 4.56. The Morgan fingerprint density at radius 2 is 2.21 bits per heavy atom. The Balaban J connectivity index is 1.90. The van der Waals surface area contributed by atoms with Crippen LogP contribution in [0, 0.1) is 5.92 Å². The molecule has 2 atom stereocenters. The molecule has 0 saturated carbocycles. The van der Waals surface area contributed by atoms with Crippen LogP contribution in [-0.4, -0.2) is 44.8 Å². The van der Waals surface area contributed by atoms with Crippen molar-refractivity contribution in [1.82, 2.24) is 10.2 Å². The zero-order chi connectivity index (χ0) is 13.7. The van der Waals surface area contributed by atoms with Gasteiger partial charge in [0.1, 0.15) is 0 Å². The normalized spacial score (nSPS) is 23.8. The third kappa shape index (κ3) is 4.28. The van der Waals surface area contributed by atoms with Gasteiger partial charge in [-0.25, -0.2) is 0 Å². The van der Waals surface area contributed by atoms with Gasteiger partial charge in [0, 0.05) is 36.1 Å². The highest BCUT2D eigenvalue weighted by Gasteiger charge is 2.25. The molecule has 1 aliphatic rings. The maximum atomic E-state index is 5.61. The molecule has 2 rings (SSSR count). The molecule has 1 heterocycles. The van der Waals surface area contributed by atoms with E-state index < -0.39 is 0 Å². The van der Waals surface area contributed by atoms with E-state index in [9.17, 15) is 0 Å². The van der Waals surface area contributed by atoms with Gasteiger partial charge in [-0.1, -0.05) is 34.1 Å². The minimum Gasteiger partial charge on any atom is -0.381 e. The van der Waals surface area contributed by atoms with Crippen molar-refractivity contribution >= 4 is 15.9 Å². The highest BCUT2D eigenvalue weighted by molar-refractivity contribution is 9.10. The lowest BCUT2D eigenvalue weighted by Crippen LogP contribution is -2.45. The van der Waals surface area contributed by atoms with E-state index in [-0.39, 0.29) is 0 Å². The minimum absolute atomic E-state index is 0.575. The van der Waals surface area contributed by atoms with E-state index in [1.165, 1.54) is 10.0 Å². The van der Waals surface area contributed by atoms with Gasteiger partial charge in [-0.3, -0.25) is 0 Å². The summed E-state index contributed by atoms with van der Waals surface area (Å²) >= 11 is 3.61. The number of nitrogens with one attached hydrogen (secondary N) is 1. The Bertz CT molecular complexity index is 399. The molecule has 1 aromatic carbocycles. The first-order chi connectivity index (χ1) is 9.20. The number of halogens is 1. The van der Waals surface area contributed by atoms with Crippen molar-refractivity contribution < 1.29 is 4.74 Å². The lowest BCUT2D eigenvalue weighted by Gasteiger charge is -2.34. The maximum absolute atomic E-state index is 5.61. The van der Waals surface area contributed by atoms with Crippen molar-refractivity contribution in [3.63, 3.8) is 0 Å². The Hall–Kier alpha value is -0.420. The Morgan fingerprint density at radius 1 is 1.42 bits per heavy atom. The Kier molecular flexibility index (Phi) is 5.82. The maximum Gasteiger partial charge on any atom is 0.0521 e. The van der Waals surface area contributed by atoms with E-state index >= 15 is 0 Å². The molecule has 0 aromatic heterocycles. The van der Waals surface area contributed by atoms with E-state index in [2.05, 4.69) is 64.5 Å². The van der Waals surface area contributed by atoms with E-state index in [1.54, 1.807) is 0 Å². The second kappa shape index (κ2) is 7.39. The zero-order valence-electron chi connectivity index (χ0n) is 11.7. The molecule has 1 aromatic rings. The van der Waals surface area contributed by atoms with Crippen molar-refractivity contribution in [2.75, 3.05) is 33.9 Å². The van der Waals surface area contributed by atoms with Gasteiger partial charge in [-0.05, 0) is 32.1 Å². The second-order valence-electron chi connectivity index (χ2n) is 5.31. The molecule has 0 aliphatic carbocycles. The van der Waals surface area contributed by atoms with Crippen molar-refractivity contribution in [2.24, 2.45) is 5.92 Å². The van der Waals surface area contributed by atoms with Crippen molar-refractivity contribution in [2.45, 2.75) is 19.0 Å². The first-order valence-corrected chi connectivity index (χ1v) is 7.67. The first-order valence-electron chi connectivity index (χ1n) is 6.87. The van der Waals surface area contributed by atoms with Crippen LogP contribution in [0.15, 0.2) is 28.7 Å². The standard InChI is InChI=1S/C15H23BrN2O/c1-17-15-7-8-19-11-13(15)10-18(2)9-12-5-3-4-6-14(12)16/h3-6,13,15,17H,7-11H2,1-2H3. The van der Waals surface area contributed by atoms with E-state index in [1.807, 2.05) is 0 Å². The summed E-state index contributed by atoms with van der Waals surface area (Å²) in [4.78, 5) is 2.38. The van der Waals surface area contributed by atoms with Crippen LogP contribution in [0.4, 0.5) is 0 Å². The number of nitrogens with zero attached hydrogens (tertiary/aromatic N) is 1. The average molecular weight is 327 g/mol. The van der Waals surface area contributed by atoms with E-state index in [0.717, 1.165) is 32.7 Å². The van der Waals surface area contributed by atoms with Crippen molar-refractivity contribution in [1.29, 1.82) is 0 Å². The Morgan fingerprint density at radius 3 is 2.95 bits per heavy atom. The summed E-state index contributed by atoms with van der Waals surface area (Å²) in [5.41, 5.74) is 1.34. The molecule has 0 bridgehead atoms. The van der Waals surface area contributed by atoms with Crippen molar-refractivity contribution in [3.05, 3.63) is 34.3 Å². The largest absolute Gasteiger partial charge is 0.381 e. The molecule has 3 nitrogen and oxygen atoms in total. The fourth-order valence-electron chi connectivity index (χ4n) is 2.74. The molecule has 1 saturated heterocycles. The molecule has 2 unspecified atom stereocenters. The number of benzene rings is 1. The van der Waals surface area contributed by atoms with Gasteiger partial charge in [0.25, 0.3) is 0 Å². The highest BCUT2D eigenvalue weighted by Crippen LogP contribution is 2.20. The van der Waals surface area contributed by atoms with Gasteiger partial charge < -0.3 is 15.0 Å². The van der Waals surface area contributed by atoms with Crippen LogP contribution in [0.25, 0.3) is 0 Å². The molecule has 1 aliphatic heterocycles. The van der Waals surface area contributed by atoms with Crippen LogP contribution in [0.5, 0.6) is 0 Å². The van der Waals surface area contributed by atoms with Gasteiger partial charge in [0.05, 0.1) is 6.61 Å². The fraction of sp³-hybridized carbons (Fsp3) is 0.600. The Labute approximate surface area is 124 Å². The van der Waals surface area contributed by atoms with Crippen LogP contribution in [0.3, 0.4) is 0 Å². The van der Waals surface area contributed by atoms with Crippen molar-refractivity contribution in [3.8, 4) is 0 Å². The first kappa shape index (κ1) is 15.0. The molecule has 4 heteroatoms. The monoisotopic (exact) mass is 326 g/mol. The zero-order valence-corrected chi connectivity index (χ0v) is 13.3. The molecule has 0 radical (unpaired) electrons. The summed E-state index contributed by atoms with van der Waals surface area (Å²) in [6, 6.07) is 9.00. The van der Waals surface area contributed by atoms with Crippen LogP contribution >= 0.6 is 15.9 Å². The van der Waals surface area contributed by atoms with Gasteiger partial charge in [0.2, 0.25) is 0 Å². The topological polar surface area (TPSA) is 24.5 Å². The van der Waals surface area contributed by atoms with Gasteiger partial charge in [0.15, 0.2) is 0 Å². The molecular formula is C15H23BrN2O. The molecule has 106 valence electrons. The molecular weight excluding hydrogens is 304 g/mol. The van der Waals surface area contributed by atoms with E-state index in [0.29, 0.717) is 12.0 Å². The summed E-state index contributed by atoms with van der Waals surface area (Å²) in [5.74, 6) is 0.575. The molecule has 0 spiro atoms. The number of hydrogen-bond donors (Lipinski definition) is 1. The summed E-state index contributed by atoms with van der Waals surface area (Å²) in [7, 11) is 4.23. The number of rotatable bonds is 5. The van der Waals surface area contributed by atoms with Crippen LogP contribution in [0.2, 0.25) is 0 Å². The van der Waals surface area contributed by atoms with Crippen LogP contribution in [-0.2, 0) is 11.3 Å². The molecule has 1 fully saturated rings. The average Bonchev–Trinajstić information content (AvgIpc) is 2.42. The van der Waals surface area contributed by atoms with Gasteiger partial charge >= 0.3 is 0 Å². The summed E-state index contributed by atoms with van der Waals surface area (Å²) in [6.07, 6.45) is 1.12. The van der Waals surface area contributed by atoms with Gasteiger partial charge in [-0.15, -0.1) is 0 Å². The molecule has 1 N–H and O–H groups in total. The second-order valence-corrected chi connectivity index (χ2v) is 6.16. The fourth-order valence-corrected chi connectivity index (χ4v) is 3.15. The quantitative estimate of drug-likeness (QED) is 0.899.